The number of hydrogen-bond acceptors (Lipinski definition) is 7. The molecule has 3 fully saturated rings. The molecule has 8 nitrogen and oxygen atoms in total. The van der Waals surface area contributed by atoms with Gasteiger partial charge in [0.05, 0.1) is 4.92 Å². The molecule has 1 aliphatic carbocycles. The molecule has 1 saturated carbocycles. The molecule has 2 saturated heterocycles. The molecule has 0 unspecified atom stereocenters. The van der Waals surface area contributed by atoms with E-state index in [4.69, 9.17) is 9.47 Å². The Morgan fingerprint density at radius 2 is 1.84 bits per heavy atom. The quantitative estimate of drug-likeness (QED) is 0.229. The van der Waals surface area contributed by atoms with Gasteiger partial charge in [-0.1, -0.05) is 13.3 Å². The van der Waals surface area contributed by atoms with E-state index < -0.39 is 22.6 Å². The van der Waals surface area contributed by atoms with E-state index in [0.29, 0.717) is 24.4 Å². The van der Waals surface area contributed by atoms with Gasteiger partial charge in [-0.15, -0.1) is 0 Å². The molecular formula is C23H28N2O6. The number of nitrogens with zero attached hydrogens (tertiary/aromatic N) is 2. The zero-order chi connectivity index (χ0) is 22.0. The molecular weight excluding hydrogens is 400 g/mol. The first-order chi connectivity index (χ1) is 14.9. The summed E-state index contributed by atoms with van der Waals surface area (Å²) >= 11 is 0. The minimum absolute atomic E-state index is 0.0954. The normalized spacial score (nSPS) is 23.3. The Balaban J connectivity index is 1.71. The van der Waals surface area contributed by atoms with Gasteiger partial charge in [0, 0.05) is 48.8 Å². The van der Waals surface area contributed by atoms with Gasteiger partial charge in [-0.2, -0.15) is 0 Å². The van der Waals surface area contributed by atoms with Crippen molar-refractivity contribution in [1.29, 1.82) is 0 Å². The molecule has 0 aromatic heterocycles. The molecule has 4 rings (SSSR count). The molecule has 2 aliphatic heterocycles. The molecule has 31 heavy (non-hydrogen) atoms. The monoisotopic (exact) mass is 428 g/mol. The molecule has 0 amide bonds. The maximum absolute atomic E-state index is 12.8. The van der Waals surface area contributed by atoms with Crippen LogP contribution in [0.15, 0.2) is 23.8 Å². The summed E-state index contributed by atoms with van der Waals surface area (Å²) in [6.07, 6.45) is 9.24. The first-order valence-electron chi connectivity index (χ1n) is 11.2. The van der Waals surface area contributed by atoms with Crippen LogP contribution in [-0.4, -0.2) is 35.2 Å². The molecule has 0 bridgehead atoms. The highest BCUT2D eigenvalue weighted by atomic mass is 16.7. The Hall–Kier alpha value is -2.90. The van der Waals surface area contributed by atoms with E-state index in [1.807, 2.05) is 0 Å². The lowest BCUT2D eigenvalue weighted by atomic mass is 9.93. The third-order valence-electron chi connectivity index (χ3n) is 6.54. The summed E-state index contributed by atoms with van der Waals surface area (Å²) in [7, 11) is 0. The predicted molar refractivity (Wildman–Crippen MR) is 114 cm³/mol. The summed E-state index contributed by atoms with van der Waals surface area (Å²) in [6, 6.07) is 4.89. The second-order valence-electron chi connectivity index (χ2n) is 8.56. The number of nitro groups is 1. The van der Waals surface area contributed by atoms with Crippen LogP contribution < -0.4 is 4.90 Å². The molecule has 1 aromatic rings. The van der Waals surface area contributed by atoms with Crippen LogP contribution in [0.25, 0.3) is 6.08 Å². The number of non-ortho nitro benzene ring substituents is 1. The maximum Gasteiger partial charge on any atom is 0.348 e. The number of benzene rings is 1. The third-order valence-corrected chi connectivity index (χ3v) is 6.54. The SMILES string of the molecule is CC[C@@H]1CCCCN1c1ccc([N+](=O)[O-])cc1C=C1C(=O)OC2(CCCCC2)OC1=O. The highest BCUT2D eigenvalue weighted by Crippen LogP contribution is 2.39. The molecule has 3 aliphatic rings. The summed E-state index contributed by atoms with van der Waals surface area (Å²) in [5.74, 6) is -2.60. The van der Waals surface area contributed by atoms with Gasteiger partial charge in [0.2, 0.25) is 0 Å². The van der Waals surface area contributed by atoms with Crippen molar-refractivity contribution in [3.8, 4) is 0 Å². The summed E-state index contributed by atoms with van der Waals surface area (Å²) in [6.45, 7) is 2.94. The van der Waals surface area contributed by atoms with Gasteiger partial charge in [-0.3, -0.25) is 10.1 Å². The third kappa shape index (κ3) is 4.29. The predicted octanol–water partition coefficient (Wildman–Crippen LogP) is 4.51. The Kier molecular flexibility index (Phi) is 5.98. The fourth-order valence-electron chi connectivity index (χ4n) is 4.89. The Morgan fingerprint density at radius 1 is 1.13 bits per heavy atom. The van der Waals surface area contributed by atoms with Gasteiger partial charge < -0.3 is 14.4 Å². The highest BCUT2D eigenvalue weighted by molar-refractivity contribution is 6.19. The van der Waals surface area contributed by atoms with Gasteiger partial charge in [-0.05, 0) is 50.7 Å². The van der Waals surface area contributed by atoms with Crippen molar-refractivity contribution in [3.63, 3.8) is 0 Å². The van der Waals surface area contributed by atoms with Crippen molar-refractivity contribution in [1.82, 2.24) is 0 Å². The lowest BCUT2D eigenvalue weighted by Crippen LogP contribution is -2.47. The fourth-order valence-corrected chi connectivity index (χ4v) is 4.89. The van der Waals surface area contributed by atoms with Gasteiger partial charge in [0.25, 0.3) is 11.5 Å². The number of anilines is 1. The number of carbonyl (C=O) groups excluding carboxylic acids is 2. The molecule has 1 atom stereocenters. The topological polar surface area (TPSA) is 99.0 Å². The second kappa shape index (κ2) is 8.69. The molecule has 0 radical (unpaired) electrons. The molecule has 8 heteroatoms. The Morgan fingerprint density at radius 3 is 2.48 bits per heavy atom. The van der Waals surface area contributed by atoms with Crippen molar-refractivity contribution >= 4 is 29.4 Å². The molecule has 2 heterocycles. The minimum Gasteiger partial charge on any atom is -0.419 e. The minimum atomic E-state index is -1.16. The van der Waals surface area contributed by atoms with Crippen LogP contribution in [0.4, 0.5) is 11.4 Å². The summed E-state index contributed by atoms with van der Waals surface area (Å²) in [5.41, 5.74) is 0.922. The highest BCUT2D eigenvalue weighted by Gasteiger charge is 2.46. The number of carbonyl (C=O) groups is 2. The first kappa shape index (κ1) is 21.3. The van der Waals surface area contributed by atoms with Crippen LogP contribution in [0.1, 0.15) is 70.3 Å². The van der Waals surface area contributed by atoms with Crippen LogP contribution in [-0.2, 0) is 19.1 Å². The summed E-state index contributed by atoms with van der Waals surface area (Å²) in [5, 5.41) is 11.4. The standard InChI is InChI=1S/C23H28N2O6/c1-2-17-8-4-7-13-24(17)20-10-9-18(25(28)29)14-16(20)15-19-21(26)30-23(31-22(19)27)11-5-3-6-12-23/h9-10,14-15,17H,2-8,11-13H2,1H3/t17-/m1/s1. The van der Waals surface area contributed by atoms with Crippen molar-refractivity contribution in [2.24, 2.45) is 0 Å². The van der Waals surface area contributed by atoms with Gasteiger partial charge in [0.1, 0.15) is 5.57 Å². The lowest BCUT2D eigenvalue weighted by Gasteiger charge is -2.39. The molecule has 166 valence electrons. The maximum atomic E-state index is 12.8. The number of rotatable bonds is 4. The van der Waals surface area contributed by atoms with Crippen LogP contribution in [0.2, 0.25) is 0 Å². The zero-order valence-corrected chi connectivity index (χ0v) is 17.8. The average Bonchev–Trinajstić information content (AvgIpc) is 2.76. The summed E-state index contributed by atoms with van der Waals surface area (Å²) in [4.78, 5) is 38.7. The average molecular weight is 428 g/mol. The van der Waals surface area contributed by atoms with Crippen LogP contribution in [0.5, 0.6) is 0 Å². The van der Waals surface area contributed by atoms with E-state index in [2.05, 4.69) is 11.8 Å². The van der Waals surface area contributed by atoms with E-state index in [1.54, 1.807) is 6.07 Å². The number of hydrogen-bond donors (Lipinski definition) is 0. The van der Waals surface area contributed by atoms with Gasteiger partial charge in [0.15, 0.2) is 0 Å². The van der Waals surface area contributed by atoms with Crippen molar-refractivity contribution in [2.45, 2.75) is 76.5 Å². The largest absolute Gasteiger partial charge is 0.419 e. The van der Waals surface area contributed by atoms with Crippen LogP contribution >= 0.6 is 0 Å². The van der Waals surface area contributed by atoms with E-state index >= 15 is 0 Å². The number of nitro benzene ring substituents is 1. The molecule has 0 N–H and O–H groups in total. The first-order valence-corrected chi connectivity index (χ1v) is 11.2. The van der Waals surface area contributed by atoms with E-state index in [1.165, 1.54) is 18.2 Å². The second-order valence-corrected chi connectivity index (χ2v) is 8.56. The van der Waals surface area contributed by atoms with E-state index in [9.17, 15) is 19.7 Å². The number of esters is 2. The summed E-state index contributed by atoms with van der Waals surface area (Å²) < 4.78 is 11.2. The van der Waals surface area contributed by atoms with Gasteiger partial charge in [-0.25, -0.2) is 9.59 Å². The van der Waals surface area contributed by atoms with Gasteiger partial charge >= 0.3 is 11.9 Å². The number of ether oxygens (including phenoxy) is 2. The van der Waals surface area contributed by atoms with Crippen molar-refractivity contribution in [3.05, 3.63) is 39.4 Å². The van der Waals surface area contributed by atoms with E-state index in [-0.39, 0.29) is 11.3 Å². The van der Waals surface area contributed by atoms with Crippen LogP contribution in [0.3, 0.4) is 0 Å². The van der Waals surface area contributed by atoms with E-state index in [0.717, 1.165) is 57.2 Å². The lowest BCUT2D eigenvalue weighted by molar-refractivity contribution is -0.384. The zero-order valence-electron chi connectivity index (χ0n) is 17.8. The van der Waals surface area contributed by atoms with Crippen LogP contribution in [0, 0.1) is 10.1 Å². The molecule has 1 spiro atoms. The smallest absolute Gasteiger partial charge is 0.348 e. The Bertz CT molecular complexity index is 897. The molecule has 1 aromatic carbocycles. The van der Waals surface area contributed by atoms with Crippen molar-refractivity contribution in [2.75, 3.05) is 11.4 Å². The number of piperidine rings is 1. The van der Waals surface area contributed by atoms with Crippen molar-refractivity contribution < 1.29 is 24.0 Å². The Labute approximate surface area is 181 Å². The fraction of sp³-hybridized carbons (Fsp3) is 0.565.